The molecule has 2 heteroatoms. The van der Waals surface area contributed by atoms with Gasteiger partial charge in [0, 0.05) is 11.6 Å². The van der Waals surface area contributed by atoms with E-state index in [1.165, 1.54) is 44.1 Å². The second-order valence-electron chi connectivity index (χ2n) is 5.70. The molecule has 1 heterocycles. The van der Waals surface area contributed by atoms with Crippen LogP contribution in [0.2, 0.25) is 0 Å². The van der Waals surface area contributed by atoms with Gasteiger partial charge in [-0.2, -0.15) is 0 Å². The third-order valence-electron chi connectivity index (χ3n) is 4.15. The van der Waals surface area contributed by atoms with Gasteiger partial charge >= 0.3 is 0 Å². The van der Waals surface area contributed by atoms with Gasteiger partial charge in [-0.3, -0.25) is 0 Å². The van der Waals surface area contributed by atoms with E-state index < -0.39 is 0 Å². The van der Waals surface area contributed by atoms with E-state index in [0.29, 0.717) is 6.04 Å². The molecule has 1 aliphatic rings. The van der Waals surface area contributed by atoms with Crippen LogP contribution in [0, 0.1) is 19.8 Å². The Morgan fingerprint density at radius 2 is 2.00 bits per heavy atom. The van der Waals surface area contributed by atoms with E-state index in [9.17, 15) is 0 Å². The van der Waals surface area contributed by atoms with Crippen molar-refractivity contribution in [3.8, 4) is 0 Å². The van der Waals surface area contributed by atoms with E-state index in [4.69, 9.17) is 4.42 Å². The summed E-state index contributed by atoms with van der Waals surface area (Å²) in [6, 6.07) is 2.74. The van der Waals surface area contributed by atoms with Gasteiger partial charge in [0.1, 0.15) is 11.5 Å². The minimum absolute atomic E-state index is 0.502. The quantitative estimate of drug-likeness (QED) is 0.830. The van der Waals surface area contributed by atoms with E-state index in [1.807, 2.05) is 6.92 Å². The molecule has 1 fully saturated rings. The average molecular weight is 249 g/mol. The third kappa shape index (κ3) is 3.17. The van der Waals surface area contributed by atoms with Crippen LogP contribution in [0.4, 0.5) is 0 Å². The molecule has 1 aromatic heterocycles. The molecule has 1 aliphatic carbocycles. The van der Waals surface area contributed by atoms with Crippen molar-refractivity contribution >= 4 is 0 Å². The minimum atomic E-state index is 0.502. The van der Waals surface area contributed by atoms with Crippen LogP contribution in [0.15, 0.2) is 10.5 Å². The van der Waals surface area contributed by atoms with Gasteiger partial charge in [-0.1, -0.05) is 26.2 Å². The molecule has 102 valence electrons. The summed E-state index contributed by atoms with van der Waals surface area (Å²) >= 11 is 0. The Balaban J connectivity index is 2.15. The summed E-state index contributed by atoms with van der Waals surface area (Å²) in [5.74, 6) is 2.94. The molecule has 1 saturated carbocycles. The van der Waals surface area contributed by atoms with Crippen molar-refractivity contribution in [3.05, 3.63) is 23.2 Å². The van der Waals surface area contributed by atoms with Crippen LogP contribution in [-0.4, -0.2) is 6.54 Å². The first-order chi connectivity index (χ1) is 8.72. The van der Waals surface area contributed by atoms with Crippen molar-refractivity contribution in [2.45, 2.75) is 65.3 Å². The fraction of sp³-hybridized carbons (Fsp3) is 0.750. The van der Waals surface area contributed by atoms with Crippen molar-refractivity contribution in [1.29, 1.82) is 0 Å². The van der Waals surface area contributed by atoms with E-state index in [1.54, 1.807) is 0 Å². The molecule has 18 heavy (non-hydrogen) atoms. The van der Waals surface area contributed by atoms with Gasteiger partial charge in [-0.15, -0.1) is 0 Å². The predicted molar refractivity (Wildman–Crippen MR) is 75.8 cm³/mol. The average Bonchev–Trinajstić information content (AvgIpc) is 2.70. The van der Waals surface area contributed by atoms with Crippen LogP contribution in [0.25, 0.3) is 0 Å². The van der Waals surface area contributed by atoms with Gasteiger partial charge < -0.3 is 9.73 Å². The Labute approximate surface area is 111 Å². The fourth-order valence-corrected chi connectivity index (χ4v) is 3.26. The zero-order valence-corrected chi connectivity index (χ0v) is 12.1. The summed E-state index contributed by atoms with van der Waals surface area (Å²) in [6.07, 6.45) is 8.13. The highest BCUT2D eigenvalue weighted by Crippen LogP contribution is 2.36. The van der Waals surface area contributed by atoms with Crippen molar-refractivity contribution in [2.75, 3.05) is 6.54 Å². The van der Waals surface area contributed by atoms with Crippen LogP contribution >= 0.6 is 0 Å². The number of hydrogen-bond donors (Lipinski definition) is 1. The van der Waals surface area contributed by atoms with Crippen LogP contribution in [-0.2, 0) is 0 Å². The molecule has 1 unspecified atom stereocenters. The molecule has 0 aromatic carbocycles. The van der Waals surface area contributed by atoms with Crippen molar-refractivity contribution in [3.63, 3.8) is 0 Å². The fourth-order valence-electron chi connectivity index (χ4n) is 3.26. The molecule has 1 atom stereocenters. The zero-order chi connectivity index (χ0) is 13.0. The van der Waals surface area contributed by atoms with Crippen LogP contribution in [0.3, 0.4) is 0 Å². The molecule has 0 aliphatic heterocycles. The molecule has 2 rings (SSSR count). The number of hydrogen-bond acceptors (Lipinski definition) is 2. The summed E-state index contributed by atoms with van der Waals surface area (Å²) in [5.41, 5.74) is 1.40. The molecule has 0 saturated heterocycles. The first-order valence-electron chi connectivity index (χ1n) is 7.52. The Morgan fingerprint density at radius 1 is 1.28 bits per heavy atom. The summed E-state index contributed by atoms with van der Waals surface area (Å²) < 4.78 is 5.73. The lowest BCUT2D eigenvalue weighted by atomic mass is 9.81. The van der Waals surface area contributed by atoms with Gasteiger partial charge in [0.2, 0.25) is 0 Å². The molecule has 1 aromatic rings. The van der Waals surface area contributed by atoms with Gasteiger partial charge in [0.15, 0.2) is 0 Å². The molecular weight excluding hydrogens is 222 g/mol. The van der Waals surface area contributed by atoms with Gasteiger partial charge in [0.25, 0.3) is 0 Å². The normalized spacial score (nSPS) is 19.1. The SMILES string of the molecule is CCCNC(c1cc(C)oc1C)C1CCCCC1. The second kappa shape index (κ2) is 6.42. The van der Waals surface area contributed by atoms with Crippen LogP contribution in [0.1, 0.15) is 68.6 Å². The number of rotatable bonds is 5. The lowest BCUT2D eigenvalue weighted by Gasteiger charge is -2.31. The highest BCUT2D eigenvalue weighted by molar-refractivity contribution is 5.25. The Bertz CT molecular complexity index is 363. The van der Waals surface area contributed by atoms with Gasteiger partial charge in [-0.05, 0) is 51.6 Å². The van der Waals surface area contributed by atoms with E-state index in [2.05, 4.69) is 25.2 Å². The molecule has 0 amide bonds. The van der Waals surface area contributed by atoms with Crippen molar-refractivity contribution < 1.29 is 4.42 Å². The molecular formula is C16H27NO. The van der Waals surface area contributed by atoms with Gasteiger partial charge in [0.05, 0.1) is 0 Å². The van der Waals surface area contributed by atoms with Gasteiger partial charge in [-0.25, -0.2) is 0 Å². The monoisotopic (exact) mass is 249 g/mol. The minimum Gasteiger partial charge on any atom is -0.466 e. The maximum Gasteiger partial charge on any atom is 0.105 e. The zero-order valence-electron chi connectivity index (χ0n) is 12.1. The van der Waals surface area contributed by atoms with E-state index in [-0.39, 0.29) is 0 Å². The summed E-state index contributed by atoms with van der Waals surface area (Å²) in [6.45, 7) is 7.49. The maximum atomic E-state index is 5.73. The van der Waals surface area contributed by atoms with Crippen molar-refractivity contribution in [2.24, 2.45) is 5.92 Å². The van der Waals surface area contributed by atoms with E-state index in [0.717, 1.165) is 24.0 Å². The molecule has 2 nitrogen and oxygen atoms in total. The lowest BCUT2D eigenvalue weighted by Crippen LogP contribution is -2.30. The summed E-state index contributed by atoms with van der Waals surface area (Å²) in [7, 11) is 0. The number of aryl methyl sites for hydroxylation is 2. The first-order valence-corrected chi connectivity index (χ1v) is 7.52. The summed E-state index contributed by atoms with van der Waals surface area (Å²) in [5, 5.41) is 3.75. The first kappa shape index (κ1) is 13.7. The smallest absolute Gasteiger partial charge is 0.105 e. The highest BCUT2D eigenvalue weighted by Gasteiger charge is 2.27. The molecule has 0 spiro atoms. The Kier molecular flexibility index (Phi) is 4.87. The molecule has 0 radical (unpaired) electrons. The predicted octanol–water partition coefficient (Wildman–Crippen LogP) is 4.52. The van der Waals surface area contributed by atoms with Crippen LogP contribution < -0.4 is 5.32 Å². The number of furan rings is 1. The standard InChI is InChI=1S/C16H27NO/c1-4-10-17-16(14-8-6-5-7-9-14)15-11-12(2)18-13(15)3/h11,14,16-17H,4-10H2,1-3H3. The largest absolute Gasteiger partial charge is 0.466 e. The highest BCUT2D eigenvalue weighted by atomic mass is 16.3. The topological polar surface area (TPSA) is 25.2 Å². The Morgan fingerprint density at radius 3 is 2.56 bits per heavy atom. The second-order valence-corrected chi connectivity index (χ2v) is 5.70. The Hall–Kier alpha value is -0.760. The number of nitrogens with one attached hydrogen (secondary N) is 1. The van der Waals surface area contributed by atoms with Crippen LogP contribution in [0.5, 0.6) is 0 Å². The maximum absolute atomic E-state index is 5.73. The molecule has 0 bridgehead atoms. The van der Waals surface area contributed by atoms with Crippen molar-refractivity contribution in [1.82, 2.24) is 5.32 Å². The molecule has 1 N–H and O–H groups in total. The lowest BCUT2D eigenvalue weighted by molar-refractivity contribution is 0.269. The summed E-state index contributed by atoms with van der Waals surface area (Å²) in [4.78, 5) is 0. The van der Waals surface area contributed by atoms with E-state index >= 15 is 0 Å². The third-order valence-corrected chi connectivity index (χ3v) is 4.15.